The van der Waals surface area contributed by atoms with Crippen LogP contribution >= 0.6 is 24.8 Å². The Morgan fingerprint density at radius 1 is 1.17 bits per heavy atom. The first-order valence-corrected chi connectivity index (χ1v) is 13.6. The van der Waals surface area contributed by atoms with Gasteiger partial charge in [0.25, 0.3) is 0 Å². The lowest BCUT2D eigenvalue weighted by Crippen LogP contribution is -2.62. The highest BCUT2D eigenvalue weighted by molar-refractivity contribution is 5.97. The van der Waals surface area contributed by atoms with E-state index in [-0.39, 0.29) is 79.8 Å². The molecule has 3 aliphatic rings. The van der Waals surface area contributed by atoms with Crippen LogP contribution in [0.15, 0.2) is 30.5 Å². The average Bonchev–Trinajstić information content (AvgIpc) is 3.15. The zero-order valence-corrected chi connectivity index (χ0v) is 25.5. The third-order valence-electron chi connectivity index (χ3n) is 8.02. The number of nitrogens with one attached hydrogen (secondary N) is 1. The molecule has 12 heteroatoms. The van der Waals surface area contributed by atoms with Gasteiger partial charge in [-0.05, 0) is 31.5 Å². The van der Waals surface area contributed by atoms with E-state index in [1.54, 1.807) is 6.20 Å². The minimum absolute atomic E-state index is 0. The summed E-state index contributed by atoms with van der Waals surface area (Å²) in [7, 11) is 0. The van der Waals surface area contributed by atoms with Gasteiger partial charge in [0, 0.05) is 80.2 Å². The van der Waals surface area contributed by atoms with Gasteiger partial charge in [-0.1, -0.05) is 19.9 Å². The molecule has 2 fully saturated rings. The van der Waals surface area contributed by atoms with Crippen molar-refractivity contribution in [2.45, 2.75) is 57.7 Å². The Kier molecular flexibility index (Phi) is 10.7. The van der Waals surface area contributed by atoms with E-state index in [2.05, 4.69) is 36.0 Å². The Morgan fingerprint density at radius 3 is 2.66 bits per heavy atom. The Hall–Kier alpha value is -2.37. The Labute approximate surface area is 252 Å². The van der Waals surface area contributed by atoms with E-state index in [1.165, 1.54) is 12.1 Å². The van der Waals surface area contributed by atoms with Crippen LogP contribution < -0.4 is 10.2 Å². The zero-order chi connectivity index (χ0) is 27.9. The van der Waals surface area contributed by atoms with Gasteiger partial charge in [0.15, 0.2) is 0 Å². The van der Waals surface area contributed by atoms with E-state index in [4.69, 9.17) is 4.74 Å². The Morgan fingerprint density at radius 2 is 1.93 bits per heavy atom. The van der Waals surface area contributed by atoms with Crippen LogP contribution in [0, 0.1) is 11.6 Å². The monoisotopic (exact) mass is 613 g/mol. The molecule has 0 unspecified atom stereocenters. The summed E-state index contributed by atoms with van der Waals surface area (Å²) in [6.45, 7) is 11.5. The van der Waals surface area contributed by atoms with Gasteiger partial charge in [-0.25, -0.2) is 8.78 Å². The third kappa shape index (κ3) is 7.35. The highest BCUT2D eigenvalue weighted by Crippen LogP contribution is 2.40. The molecule has 2 amide bonds. The number of carbonyl (C=O) groups is 2. The van der Waals surface area contributed by atoms with Crippen molar-refractivity contribution in [2.75, 3.05) is 50.8 Å². The number of ether oxygens (including phenoxy) is 1. The molecule has 0 spiro atoms. The fraction of sp³-hybridized carbons (Fsp3) is 0.552. The number of amides is 2. The maximum Gasteiger partial charge on any atom is 0.248 e. The summed E-state index contributed by atoms with van der Waals surface area (Å²) in [4.78, 5) is 36.7. The number of morpholine rings is 1. The number of piperazine rings is 1. The molecule has 0 saturated carbocycles. The maximum atomic E-state index is 14.3. The topological polar surface area (TPSA) is 78.0 Å². The predicted molar refractivity (Wildman–Crippen MR) is 158 cm³/mol. The van der Waals surface area contributed by atoms with Crippen molar-refractivity contribution >= 4 is 42.3 Å². The van der Waals surface area contributed by atoms with Gasteiger partial charge in [-0.2, -0.15) is 0 Å². The number of aromatic nitrogens is 1. The van der Waals surface area contributed by atoms with Gasteiger partial charge in [0.1, 0.15) is 18.2 Å². The number of hydrogen-bond donors (Lipinski definition) is 1. The number of pyridine rings is 1. The van der Waals surface area contributed by atoms with Gasteiger partial charge in [-0.3, -0.25) is 19.5 Å². The van der Waals surface area contributed by atoms with Crippen LogP contribution in [0.2, 0.25) is 0 Å². The smallest absolute Gasteiger partial charge is 0.248 e. The molecule has 2 saturated heterocycles. The second kappa shape index (κ2) is 13.3. The summed E-state index contributed by atoms with van der Waals surface area (Å²) < 4.78 is 33.2. The van der Waals surface area contributed by atoms with Gasteiger partial charge < -0.3 is 19.9 Å². The van der Waals surface area contributed by atoms with Crippen molar-refractivity contribution in [3.8, 4) is 0 Å². The largest absolute Gasteiger partial charge is 0.367 e. The molecule has 5 rings (SSSR count). The van der Waals surface area contributed by atoms with Gasteiger partial charge >= 0.3 is 0 Å². The summed E-state index contributed by atoms with van der Waals surface area (Å²) >= 11 is 0. The molecule has 4 heterocycles. The van der Waals surface area contributed by atoms with E-state index in [9.17, 15) is 18.4 Å². The first-order chi connectivity index (χ1) is 18.5. The van der Waals surface area contributed by atoms with E-state index in [1.807, 2.05) is 22.8 Å². The van der Waals surface area contributed by atoms with Crippen LogP contribution in [0.4, 0.5) is 14.5 Å². The highest BCUT2D eigenvalue weighted by Gasteiger charge is 2.40. The highest BCUT2D eigenvalue weighted by atomic mass is 35.5. The van der Waals surface area contributed by atoms with E-state index in [0.29, 0.717) is 44.0 Å². The molecular formula is C29H39Cl2F2N5O3. The van der Waals surface area contributed by atoms with Crippen molar-refractivity contribution < 1.29 is 23.1 Å². The van der Waals surface area contributed by atoms with Gasteiger partial charge in [0.05, 0.1) is 18.3 Å². The molecule has 226 valence electrons. The molecule has 0 aliphatic carbocycles. The first-order valence-electron chi connectivity index (χ1n) is 13.6. The molecule has 41 heavy (non-hydrogen) atoms. The Bertz CT molecular complexity index is 1270. The number of fused-ring (bicyclic) bond motifs is 1. The van der Waals surface area contributed by atoms with Gasteiger partial charge in [0.2, 0.25) is 11.8 Å². The fourth-order valence-corrected chi connectivity index (χ4v) is 5.84. The number of hydrogen-bond acceptors (Lipinski definition) is 6. The zero-order valence-electron chi connectivity index (χ0n) is 23.9. The number of carbonyl (C=O) groups excluding carboxylic acids is 2. The van der Waals surface area contributed by atoms with E-state index >= 15 is 0 Å². The number of rotatable bonds is 6. The molecule has 1 aromatic carbocycles. The molecule has 0 radical (unpaired) electrons. The number of nitrogens with zero attached hydrogens (tertiary/aromatic N) is 4. The van der Waals surface area contributed by atoms with Crippen molar-refractivity contribution in [1.29, 1.82) is 0 Å². The average molecular weight is 615 g/mol. The lowest BCUT2D eigenvalue weighted by molar-refractivity contribution is -0.149. The normalized spacial score (nSPS) is 24.0. The van der Waals surface area contributed by atoms with E-state index in [0.717, 1.165) is 17.3 Å². The fourth-order valence-electron chi connectivity index (χ4n) is 5.84. The first kappa shape index (κ1) is 33.1. The number of benzene rings is 1. The molecule has 3 atom stereocenters. The van der Waals surface area contributed by atoms with Crippen molar-refractivity contribution in [2.24, 2.45) is 0 Å². The Balaban J connectivity index is 0.00000231. The lowest BCUT2D eigenvalue weighted by Gasteiger charge is -2.43. The lowest BCUT2D eigenvalue weighted by atomic mass is 9.88. The van der Waals surface area contributed by atoms with E-state index < -0.39 is 11.6 Å². The van der Waals surface area contributed by atoms with Crippen LogP contribution in [-0.2, 0) is 26.2 Å². The maximum absolute atomic E-state index is 14.3. The molecule has 1 aromatic heterocycles. The summed E-state index contributed by atoms with van der Waals surface area (Å²) in [6.07, 6.45) is 1.97. The third-order valence-corrected chi connectivity index (χ3v) is 8.02. The summed E-state index contributed by atoms with van der Waals surface area (Å²) in [6, 6.07) is 5.62. The van der Waals surface area contributed by atoms with Crippen LogP contribution in [0.5, 0.6) is 0 Å². The van der Waals surface area contributed by atoms with Gasteiger partial charge in [-0.15, -0.1) is 24.8 Å². The summed E-state index contributed by atoms with van der Waals surface area (Å²) in [5, 5.41) is 3.49. The molecule has 8 nitrogen and oxygen atoms in total. The molecule has 1 N–H and O–H groups in total. The molecule has 0 bridgehead atoms. The number of anilines is 1. The standard InChI is InChI=1S/C29H37F2N5O3.2ClH/c1-18-12-34(23(10-32-18)14-35-13-19(2)39-16-28(35)38)15-27(37)36-17-29(3,4)24-11-33-22(9-26(24)36)7-20-5-6-21(30)8-25(20)31;;/h5-6,8-9,11,18-19,23,32H,7,10,12-17H2,1-4H3;2*1H/t18-,19-,23-;;/m1../s1. The minimum Gasteiger partial charge on any atom is -0.367 e. The van der Waals surface area contributed by atoms with Crippen LogP contribution in [0.1, 0.15) is 44.5 Å². The summed E-state index contributed by atoms with van der Waals surface area (Å²) in [5.41, 5.74) is 2.43. The minimum atomic E-state index is -0.621. The number of halogens is 4. The molecule has 3 aliphatic heterocycles. The van der Waals surface area contributed by atoms with Crippen LogP contribution in [-0.4, -0.2) is 90.7 Å². The molecular weight excluding hydrogens is 575 g/mol. The second-order valence-corrected chi connectivity index (χ2v) is 11.8. The van der Waals surface area contributed by atoms with Crippen molar-refractivity contribution in [1.82, 2.24) is 20.1 Å². The second-order valence-electron chi connectivity index (χ2n) is 11.8. The van der Waals surface area contributed by atoms with Crippen LogP contribution in [0.3, 0.4) is 0 Å². The van der Waals surface area contributed by atoms with Crippen molar-refractivity contribution in [3.05, 3.63) is 58.9 Å². The van der Waals surface area contributed by atoms with Crippen molar-refractivity contribution in [3.63, 3.8) is 0 Å². The quantitative estimate of drug-likeness (QED) is 0.539. The molecule has 2 aromatic rings. The summed E-state index contributed by atoms with van der Waals surface area (Å²) in [5.74, 6) is -1.28. The predicted octanol–water partition coefficient (Wildman–Crippen LogP) is 3.33. The van der Waals surface area contributed by atoms with Crippen LogP contribution in [0.25, 0.3) is 0 Å². The SMILES string of the molecule is C[C@@H]1CN(CC(=O)N2CC(C)(C)c3cnc(Cc4ccc(F)cc4F)cc32)[C@@H](CN2C[C@@H](C)OCC2=O)CN1.Cl.Cl.